The first kappa shape index (κ1) is 15.2. The second kappa shape index (κ2) is 5.28. The van der Waals surface area contributed by atoms with Crippen molar-refractivity contribution in [2.45, 2.75) is 38.4 Å². The predicted molar refractivity (Wildman–Crippen MR) is 68.8 cm³/mol. The maximum Gasteiger partial charge on any atom is 0.512 e. The van der Waals surface area contributed by atoms with Gasteiger partial charge in [-0.05, 0) is 32.8 Å². The molecule has 1 aromatic carbocycles. The van der Waals surface area contributed by atoms with Gasteiger partial charge in [-0.1, -0.05) is 11.5 Å². The van der Waals surface area contributed by atoms with Gasteiger partial charge in [-0.15, -0.1) is 0 Å². The first-order valence-corrected chi connectivity index (χ1v) is 6.47. The molecule has 0 spiro atoms. The van der Waals surface area contributed by atoms with Crippen LogP contribution in [0.4, 0.5) is 17.3 Å². The van der Waals surface area contributed by atoms with Crippen LogP contribution >= 0.6 is 0 Å². The molecule has 1 fully saturated rings. The molecule has 1 aromatic rings. The molecule has 7 heteroatoms. The predicted octanol–water partition coefficient (Wildman–Crippen LogP) is 3.22. The fourth-order valence-corrected chi connectivity index (χ4v) is 2.25. The fraction of sp³-hybridized carbons (Fsp3) is 0.538. The third-order valence-corrected chi connectivity index (χ3v) is 3.31. The summed E-state index contributed by atoms with van der Waals surface area (Å²) in [5.74, 6) is -1.22. The van der Waals surface area contributed by atoms with Gasteiger partial charge in [0.25, 0.3) is 0 Å². The van der Waals surface area contributed by atoms with Crippen LogP contribution < -0.4 is 10.2 Å². The standard InChI is InChI=1S/C13H16BF4O2/c1-13(2)6-5-10(20-13)8-19-9-3-4-11(12(15)7-9)14(16,17)18/h3-4,7,10H,5-6,8H2,1-2H3/q-1. The second-order valence-electron chi connectivity index (χ2n) is 5.61. The largest absolute Gasteiger partial charge is 0.512 e. The van der Waals surface area contributed by atoms with Crippen molar-refractivity contribution in [3.05, 3.63) is 24.0 Å². The zero-order valence-electron chi connectivity index (χ0n) is 11.3. The van der Waals surface area contributed by atoms with Gasteiger partial charge in [-0.25, -0.2) is 4.39 Å². The van der Waals surface area contributed by atoms with Gasteiger partial charge in [-0.3, -0.25) is 0 Å². The Bertz CT molecular complexity index is 488. The van der Waals surface area contributed by atoms with Crippen LogP contribution in [0.2, 0.25) is 0 Å². The topological polar surface area (TPSA) is 18.5 Å². The lowest BCUT2D eigenvalue weighted by Gasteiger charge is -2.20. The number of rotatable bonds is 4. The highest BCUT2D eigenvalue weighted by Gasteiger charge is 2.32. The Morgan fingerprint density at radius 3 is 2.55 bits per heavy atom. The lowest BCUT2D eigenvalue weighted by atomic mass is 9.80. The lowest BCUT2D eigenvalue weighted by molar-refractivity contribution is -0.0326. The van der Waals surface area contributed by atoms with Crippen LogP contribution in [0.25, 0.3) is 0 Å². The van der Waals surface area contributed by atoms with E-state index in [-0.39, 0.29) is 24.1 Å². The minimum absolute atomic E-state index is 0.0830. The third-order valence-electron chi connectivity index (χ3n) is 3.31. The first-order chi connectivity index (χ1) is 9.17. The van der Waals surface area contributed by atoms with Gasteiger partial charge in [0.15, 0.2) is 0 Å². The fourth-order valence-electron chi connectivity index (χ4n) is 2.25. The van der Waals surface area contributed by atoms with Gasteiger partial charge < -0.3 is 22.4 Å². The van der Waals surface area contributed by atoms with Crippen LogP contribution in [0.3, 0.4) is 0 Å². The smallest absolute Gasteiger partial charge is 0.491 e. The Hall–Kier alpha value is -1.24. The van der Waals surface area contributed by atoms with Gasteiger partial charge >= 0.3 is 6.98 Å². The van der Waals surface area contributed by atoms with Gasteiger partial charge in [0, 0.05) is 6.07 Å². The minimum atomic E-state index is -5.34. The quantitative estimate of drug-likeness (QED) is 0.626. The van der Waals surface area contributed by atoms with E-state index in [0.29, 0.717) is 6.07 Å². The third kappa shape index (κ3) is 3.65. The molecular weight excluding hydrogens is 275 g/mol. The average molecular weight is 291 g/mol. The summed E-state index contributed by atoms with van der Waals surface area (Å²) in [6.07, 6.45) is 1.60. The summed E-state index contributed by atoms with van der Waals surface area (Å²) in [6.45, 7) is -1.20. The van der Waals surface area contributed by atoms with E-state index >= 15 is 0 Å². The van der Waals surface area contributed by atoms with Crippen molar-refractivity contribution in [2.24, 2.45) is 0 Å². The maximum atomic E-state index is 13.4. The molecule has 20 heavy (non-hydrogen) atoms. The minimum Gasteiger partial charge on any atom is -0.491 e. The summed E-state index contributed by atoms with van der Waals surface area (Å²) in [7, 11) is 0. The van der Waals surface area contributed by atoms with Gasteiger partial charge in [0.1, 0.15) is 12.4 Å². The van der Waals surface area contributed by atoms with Crippen molar-refractivity contribution >= 4 is 12.4 Å². The number of hydrogen-bond acceptors (Lipinski definition) is 2. The molecule has 0 N–H and O–H groups in total. The Labute approximate surface area is 115 Å². The number of benzene rings is 1. The Morgan fingerprint density at radius 1 is 1.35 bits per heavy atom. The molecule has 0 bridgehead atoms. The lowest BCUT2D eigenvalue weighted by Crippen LogP contribution is -2.36. The highest BCUT2D eigenvalue weighted by atomic mass is 19.4. The van der Waals surface area contributed by atoms with Gasteiger partial charge in [0.05, 0.1) is 17.5 Å². The maximum absolute atomic E-state index is 13.4. The molecule has 2 nitrogen and oxygen atoms in total. The molecule has 0 radical (unpaired) electrons. The molecule has 1 atom stereocenters. The van der Waals surface area contributed by atoms with Crippen LogP contribution in [-0.2, 0) is 4.74 Å². The van der Waals surface area contributed by atoms with E-state index in [1.54, 1.807) is 0 Å². The molecule has 0 aliphatic carbocycles. The second-order valence-corrected chi connectivity index (χ2v) is 5.61. The molecule has 1 unspecified atom stereocenters. The summed E-state index contributed by atoms with van der Waals surface area (Å²) < 4.78 is 61.7. The molecular formula is C13H16BF4O2-. The van der Waals surface area contributed by atoms with E-state index < -0.39 is 18.3 Å². The molecule has 0 aromatic heterocycles. The van der Waals surface area contributed by atoms with Crippen molar-refractivity contribution in [1.29, 1.82) is 0 Å². The zero-order chi connectivity index (χ0) is 15.0. The molecule has 1 saturated heterocycles. The van der Waals surface area contributed by atoms with E-state index in [9.17, 15) is 17.3 Å². The molecule has 2 rings (SSSR count). The van der Waals surface area contributed by atoms with E-state index in [4.69, 9.17) is 9.47 Å². The monoisotopic (exact) mass is 291 g/mol. The number of ether oxygens (including phenoxy) is 2. The summed E-state index contributed by atoms with van der Waals surface area (Å²) in [5.41, 5.74) is -1.43. The Morgan fingerprint density at radius 2 is 2.05 bits per heavy atom. The molecule has 0 saturated carbocycles. The Kier molecular flexibility index (Phi) is 4.00. The molecule has 0 amide bonds. The molecule has 112 valence electrons. The van der Waals surface area contributed by atoms with Crippen LogP contribution in [0.5, 0.6) is 5.75 Å². The van der Waals surface area contributed by atoms with E-state index in [2.05, 4.69) is 0 Å². The normalized spacial score (nSPS) is 22.0. The van der Waals surface area contributed by atoms with Crippen LogP contribution in [-0.4, -0.2) is 25.3 Å². The summed E-state index contributed by atoms with van der Waals surface area (Å²) in [4.78, 5) is 0. The van der Waals surface area contributed by atoms with Crippen LogP contribution in [0.15, 0.2) is 18.2 Å². The van der Waals surface area contributed by atoms with Gasteiger partial charge in [0.2, 0.25) is 0 Å². The van der Waals surface area contributed by atoms with Crippen molar-refractivity contribution in [3.63, 3.8) is 0 Å². The molecule has 1 aliphatic rings. The Balaban J connectivity index is 1.96. The van der Waals surface area contributed by atoms with Gasteiger partial charge in [-0.2, -0.15) is 0 Å². The first-order valence-electron chi connectivity index (χ1n) is 6.47. The number of halogens is 4. The zero-order valence-corrected chi connectivity index (χ0v) is 11.3. The molecule has 1 heterocycles. The van der Waals surface area contributed by atoms with Crippen LogP contribution in [0.1, 0.15) is 26.7 Å². The van der Waals surface area contributed by atoms with Crippen molar-refractivity contribution < 1.29 is 26.8 Å². The van der Waals surface area contributed by atoms with E-state index in [1.807, 2.05) is 13.8 Å². The highest BCUT2D eigenvalue weighted by Crippen LogP contribution is 2.29. The molecule has 1 aliphatic heterocycles. The van der Waals surface area contributed by atoms with Crippen molar-refractivity contribution in [1.82, 2.24) is 0 Å². The van der Waals surface area contributed by atoms with Crippen LogP contribution in [0, 0.1) is 5.82 Å². The van der Waals surface area contributed by atoms with Crippen molar-refractivity contribution in [3.8, 4) is 5.75 Å². The highest BCUT2D eigenvalue weighted by molar-refractivity contribution is 6.73. The van der Waals surface area contributed by atoms with E-state index in [1.165, 1.54) is 0 Å². The summed E-state index contributed by atoms with van der Waals surface area (Å²) in [6, 6.07) is 2.61. The summed E-state index contributed by atoms with van der Waals surface area (Å²) >= 11 is 0. The van der Waals surface area contributed by atoms with Crippen molar-refractivity contribution in [2.75, 3.05) is 6.61 Å². The average Bonchev–Trinajstić information content (AvgIpc) is 2.65. The summed E-state index contributed by atoms with van der Waals surface area (Å²) in [5, 5.41) is 0. The SMILES string of the molecule is CC1(C)CCC(COc2ccc([B-](F)(F)F)c(F)c2)O1. The number of hydrogen-bond donors (Lipinski definition) is 0. The van der Waals surface area contributed by atoms with E-state index in [0.717, 1.165) is 25.0 Å².